The number of aliphatic hydroxyl groups excluding tert-OH is 1. The number of carbonyl (C=O) groups is 3. The molecular weight excluding hydrogens is 592 g/mol. The summed E-state index contributed by atoms with van der Waals surface area (Å²) in [5, 5.41) is 24.1. The summed E-state index contributed by atoms with van der Waals surface area (Å²) >= 11 is 0. The van der Waals surface area contributed by atoms with Crippen molar-refractivity contribution >= 4 is 17.7 Å². The number of ketones is 1. The van der Waals surface area contributed by atoms with Crippen LogP contribution in [-0.4, -0.2) is 51.8 Å². The van der Waals surface area contributed by atoms with Gasteiger partial charge < -0.3 is 19.7 Å². The van der Waals surface area contributed by atoms with Crippen LogP contribution in [-0.2, 0) is 23.9 Å². The highest BCUT2D eigenvalue weighted by molar-refractivity contribution is 6.00. The van der Waals surface area contributed by atoms with Crippen LogP contribution in [0.15, 0.2) is 47.6 Å². The Labute approximate surface area is 282 Å². The molecule has 0 aromatic rings. The normalized spacial score (nSPS) is 33.9. The number of unbranched alkanes of at least 4 members (excludes halogenated alkanes) is 8. The SMILES string of the molecule is CCCCC/C=C\C/C=C\CCCCCCCC(=O)OCC1=C[C@H]2[C@@H]3C(C)(C)[C@]3(OC(C)=O)[C@H](O)[C@@H](C)[C@]2(O)[C@@H]2C=C(C)C(=O)[C@@H]2C1. The highest BCUT2D eigenvalue weighted by Crippen LogP contribution is 2.76. The van der Waals surface area contributed by atoms with E-state index in [4.69, 9.17) is 9.47 Å². The molecule has 0 amide bonds. The number of Topliss-reactive ketones (excluding diaryl/α,β-unsaturated/α-hetero) is 1. The Morgan fingerprint density at radius 2 is 1.60 bits per heavy atom. The predicted octanol–water partition coefficient (Wildman–Crippen LogP) is 7.75. The smallest absolute Gasteiger partial charge is 0.306 e. The van der Waals surface area contributed by atoms with Gasteiger partial charge in [-0.1, -0.05) is 96.3 Å². The van der Waals surface area contributed by atoms with Gasteiger partial charge in [-0.25, -0.2) is 0 Å². The summed E-state index contributed by atoms with van der Waals surface area (Å²) in [7, 11) is 0. The minimum absolute atomic E-state index is 0.0139. The van der Waals surface area contributed by atoms with Crippen LogP contribution >= 0.6 is 0 Å². The standard InChI is InChI=1S/C40H60O7/c1-7-8-9-10-11-12-13-14-15-16-17-18-19-20-21-22-34(42)46-26-30-24-31-32(23-27(2)35(31)43)39(45)28(3)37(44)40(47-29(4)41)36(33(39)25-30)38(40,5)6/h11-12,14-15,23,25,28,31-33,36-37,44-45H,7-10,13,16-22,24,26H2,1-6H3/b12-11-,15-14-/t28-,31-,32-,33+,36-,37-,39+,40-/m1/s1. The minimum atomic E-state index is -1.42. The molecule has 4 aliphatic rings. The number of hydrogen-bond donors (Lipinski definition) is 2. The average Bonchev–Trinajstić information content (AvgIpc) is 3.42. The Morgan fingerprint density at radius 3 is 2.26 bits per heavy atom. The van der Waals surface area contributed by atoms with Crippen LogP contribution in [0.2, 0.25) is 0 Å². The molecule has 47 heavy (non-hydrogen) atoms. The van der Waals surface area contributed by atoms with Crippen molar-refractivity contribution in [3.63, 3.8) is 0 Å². The van der Waals surface area contributed by atoms with E-state index in [0.717, 1.165) is 50.5 Å². The summed E-state index contributed by atoms with van der Waals surface area (Å²) < 4.78 is 11.6. The summed E-state index contributed by atoms with van der Waals surface area (Å²) in [5.74, 6) is -3.23. The zero-order chi connectivity index (χ0) is 34.4. The fraction of sp³-hybridized carbons (Fsp3) is 0.725. The summed E-state index contributed by atoms with van der Waals surface area (Å²) in [5.41, 5.74) is -1.74. The van der Waals surface area contributed by atoms with Crippen molar-refractivity contribution in [2.75, 3.05) is 6.61 Å². The molecule has 4 rings (SSSR count). The van der Waals surface area contributed by atoms with Crippen LogP contribution in [0.1, 0.15) is 125 Å². The number of carbonyl (C=O) groups excluding carboxylic acids is 3. The first-order chi connectivity index (χ1) is 22.3. The summed E-state index contributed by atoms with van der Waals surface area (Å²) in [6.45, 7) is 11.1. The topological polar surface area (TPSA) is 110 Å². The second kappa shape index (κ2) is 15.8. The molecule has 4 aliphatic carbocycles. The van der Waals surface area contributed by atoms with Gasteiger partial charge in [-0.15, -0.1) is 0 Å². The molecule has 0 bridgehead atoms. The van der Waals surface area contributed by atoms with Gasteiger partial charge in [-0.05, 0) is 63.0 Å². The van der Waals surface area contributed by atoms with Crippen molar-refractivity contribution in [2.45, 2.75) is 142 Å². The molecule has 2 fully saturated rings. The van der Waals surface area contributed by atoms with Gasteiger partial charge in [0.2, 0.25) is 0 Å². The monoisotopic (exact) mass is 652 g/mol. The fourth-order valence-corrected chi connectivity index (χ4v) is 9.16. The van der Waals surface area contributed by atoms with E-state index in [1.54, 1.807) is 13.8 Å². The summed E-state index contributed by atoms with van der Waals surface area (Å²) in [6, 6.07) is 0. The quantitative estimate of drug-likeness (QED) is 0.0939. The highest BCUT2D eigenvalue weighted by atomic mass is 16.6. The lowest BCUT2D eigenvalue weighted by Crippen LogP contribution is -2.62. The molecule has 2 N–H and O–H groups in total. The Hall–Kier alpha value is -2.51. The molecule has 0 spiro atoms. The molecular formula is C40H60O7. The van der Waals surface area contributed by atoms with Crippen LogP contribution in [0.25, 0.3) is 0 Å². The van der Waals surface area contributed by atoms with Gasteiger partial charge in [0.1, 0.15) is 12.2 Å². The molecule has 0 aromatic carbocycles. The largest absolute Gasteiger partial charge is 0.461 e. The van der Waals surface area contributed by atoms with E-state index in [1.807, 2.05) is 26.0 Å². The first-order valence-electron chi connectivity index (χ1n) is 18.3. The predicted molar refractivity (Wildman–Crippen MR) is 184 cm³/mol. The van der Waals surface area contributed by atoms with E-state index in [0.29, 0.717) is 18.4 Å². The second-order valence-electron chi connectivity index (χ2n) is 15.2. The number of hydrogen-bond acceptors (Lipinski definition) is 7. The van der Waals surface area contributed by atoms with Gasteiger partial charge in [-0.3, -0.25) is 14.4 Å². The third-order valence-corrected chi connectivity index (χ3v) is 11.8. The van der Waals surface area contributed by atoms with Gasteiger partial charge in [0.05, 0.1) is 11.7 Å². The highest BCUT2D eigenvalue weighted by Gasteiger charge is 2.86. The number of fused-ring (bicyclic) bond motifs is 5. The molecule has 0 aliphatic heterocycles. The minimum Gasteiger partial charge on any atom is -0.461 e. The molecule has 7 nitrogen and oxygen atoms in total. The van der Waals surface area contributed by atoms with Crippen molar-refractivity contribution in [1.29, 1.82) is 0 Å². The molecule has 0 aromatic heterocycles. The summed E-state index contributed by atoms with van der Waals surface area (Å²) in [4.78, 5) is 38.3. The van der Waals surface area contributed by atoms with Crippen molar-refractivity contribution in [3.05, 3.63) is 47.6 Å². The maximum atomic E-state index is 13.3. The number of allylic oxidation sites excluding steroid dienone is 5. The first kappa shape index (κ1) is 37.3. The van der Waals surface area contributed by atoms with Gasteiger partial charge in [0, 0.05) is 48.3 Å². The molecule has 0 unspecified atom stereocenters. The third kappa shape index (κ3) is 7.56. The Morgan fingerprint density at radius 1 is 0.957 bits per heavy atom. The first-order valence-corrected chi connectivity index (χ1v) is 18.3. The van der Waals surface area contributed by atoms with Gasteiger partial charge >= 0.3 is 11.9 Å². The van der Waals surface area contributed by atoms with Crippen LogP contribution in [0, 0.1) is 35.0 Å². The summed E-state index contributed by atoms with van der Waals surface area (Å²) in [6.07, 6.45) is 24.8. The lowest BCUT2D eigenvalue weighted by atomic mass is 9.60. The molecule has 0 saturated heterocycles. The van der Waals surface area contributed by atoms with E-state index in [1.165, 1.54) is 32.6 Å². The fourth-order valence-electron chi connectivity index (χ4n) is 9.16. The molecule has 0 radical (unpaired) electrons. The van der Waals surface area contributed by atoms with Gasteiger partial charge in [-0.2, -0.15) is 0 Å². The van der Waals surface area contributed by atoms with E-state index >= 15 is 0 Å². The Bertz CT molecular complexity index is 1260. The molecule has 8 atom stereocenters. The van der Waals surface area contributed by atoms with E-state index in [2.05, 4.69) is 31.2 Å². The molecule has 2 saturated carbocycles. The van der Waals surface area contributed by atoms with Crippen molar-refractivity contribution < 1.29 is 34.1 Å². The maximum Gasteiger partial charge on any atom is 0.306 e. The molecule has 0 heterocycles. The Kier molecular flexibility index (Phi) is 12.5. The lowest BCUT2D eigenvalue weighted by molar-refractivity contribution is -0.207. The van der Waals surface area contributed by atoms with E-state index in [9.17, 15) is 24.6 Å². The second-order valence-corrected chi connectivity index (χ2v) is 15.2. The number of aliphatic hydroxyl groups is 2. The van der Waals surface area contributed by atoms with E-state index in [-0.39, 0.29) is 24.3 Å². The van der Waals surface area contributed by atoms with Gasteiger partial charge in [0.25, 0.3) is 0 Å². The number of rotatable bonds is 17. The van der Waals surface area contributed by atoms with Crippen LogP contribution < -0.4 is 0 Å². The molecule has 7 heteroatoms. The average molecular weight is 653 g/mol. The molecule has 262 valence electrons. The van der Waals surface area contributed by atoms with Gasteiger partial charge in [0.15, 0.2) is 5.78 Å². The maximum absolute atomic E-state index is 13.3. The lowest BCUT2D eigenvalue weighted by Gasteiger charge is -2.51. The zero-order valence-electron chi connectivity index (χ0n) is 29.8. The van der Waals surface area contributed by atoms with Crippen LogP contribution in [0.4, 0.5) is 0 Å². The van der Waals surface area contributed by atoms with E-state index < -0.39 is 52.4 Å². The van der Waals surface area contributed by atoms with Crippen molar-refractivity contribution in [3.8, 4) is 0 Å². The third-order valence-electron chi connectivity index (χ3n) is 11.8. The van der Waals surface area contributed by atoms with Crippen molar-refractivity contribution in [2.24, 2.45) is 35.0 Å². The van der Waals surface area contributed by atoms with Crippen LogP contribution in [0.3, 0.4) is 0 Å². The van der Waals surface area contributed by atoms with Crippen LogP contribution in [0.5, 0.6) is 0 Å². The van der Waals surface area contributed by atoms with Crippen molar-refractivity contribution in [1.82, 2.24) is 0 Å². The zero-order valence-corrected chi connectivity index (χ0v) is 29.8. The number of ether oxygens (including phenoxy) is 2. The Balaban J connectivity index is 1.28. The number of esters is 2.